The van der Waals surface area contributed by atoms with Gasteiger partial charge in [0.1, 0.15) is 5.82 Å². The molecule has 0 amide bonds. The lowest BCUT2D eigenvalue weighted by atomic mass is 10.0. The van der Waals surface area contributed by atoms with Crippen molar-refractivity contribution in [3.8, 4) is 39.6 Å². The first-order valence-electron chi connectivity index (χ1n) is 9.12. The Hall–Kier alpha value is -4.20. The van der Waals surface area contributed by atoms with Crippen LogP contribution in [0.5, 0.6) is 5.75 Å². The summed E-state index contributed by atoms with van der Waals surface area (Å²) in [6, 6.07) is 9.68. The zero-order valence-electron chi connectivity index (χ0n) is 15.7. The lowest BCUT2D eigenvalue weighted by Gasteiger charge is -2.08. The molecule has 0 bridgehead atoms. The summed E-state index contributed by atoms with van der Waals surface area (Å²) in [6.45, 7) is 1.85. The second-order valence-corrected chi connectivity index (χ2v) is 6.87. The molecular formula is C22H15FN4O3. The summed E-state index contributed by atoms with van der Waals surface area (Å²) in [7, 11) is 0. The third kappa shape index (κ3) is 2.86. The highest BCUT2D eigenvalue weighted by molar-refractivity contribution is 5.86. The highest BCUT2D eigenvalue weighted by Crippen LogP contribution is 2.33. The van der Waals surface area contributed by atoms with Crippen LogP contribution in [0.3, 0.4) is 0 Å². The van der Waals surface area contributed by atoms with Gasteiger partial charge in [-0.05, 0) is 24.6 Å². The Labute approximate surface area is 168 Å². The molecule has 7 nitrogen and oxygen atoms in total. The first-order valence-corrected chi connectivity index (χ1v) is 9.12. The highest BCUT2D eigenvalue weighted by atomic mass is 19.1. The molecule has 5 aromatic rings. The molecule has 0 atom stereocenters. The second-order valence-electron chi connectivity index (χ2n) is 6.87. The van der Waals surface area contributed by atoms with Gasteiger partial charge in [0, 0.05) is 11.1 Å². The van der Waals surface area contributed by atoms with Crippen LogP contribution in [-0.2, 0) is 0 Å². The molecular weight excluding hydrogens is 387 g/mol. The van der Waals surface area contributed by atoms with Gasteiger partial charge in [-0.25, -0.2) is 14.4 Å². The molecule has 0 aliphatic carbocycles. The van der Waals surface area contributed by atoms with Gasteiger partial charge in [0.15, 0.2) is 17.2 Å². The van der Waals surface area contributed by atoms with Crippen molar-refractivity contribution in [3.63, 3.8) is 0 Å². The van der Waals surface area contributed by atoms with Crippen molar-refractivity contribution in [2.45, 2.75) is 6.92 Å². The number of nitrogens with zero attached hydrogens (tertiary/aromatic N) is 2. The highest BCUT2D eigenvalue weighted by Gasteiger charge is 2.19. The molecule has 0 aliphatic rings. The van der Waals surface area contributed by atoms with Gasteiger partial charge < -0.3 is 19.5 Å². The third-order valence-electron chi connectivity index (χ3n) is 4.89. The van der Waals surface area contributed by atoms with Crippen LogP contribution in [0.25, 0.3) is 44.8 Å². The summed E-state index contributed by atoms with van der Waals surface area (Å²) in [5.74, 6) is -0.584. The van der Waals surface area contributed by atoms with E-state index in [1.165, 1.54) is 24.7 Å². The van der Waals surface area contributed by atoms with Crippen LogP contribution in [0.2, 0.25) is 0 Å². The Morgan fingerprint density at radius 2 is 1.80 bits per heavy atom. The SMILES string of the molecule is Cc1ncc(-c2ccc(-c3oc4c(F)cc(-c5cnc[nH]5)cc4c(=O)c3O)cc2)[nH]1. The molecule has 3 N–H and O–H groups in total. The monoisotopic (exact) mass is 402 g/mol. The Bertz CT molecular complexity index is 1430. The maximum Gasteiger partial charge on any atom is 0.235 e. The minimum Gasteiger partial charge on any atom is -0.502 e. The van der Waals surface area contributed by atoms with Gasteiger partial charge >= 0.3 is 0 Å². The minimum atomic E-state index is -0.709. The number of aromatic hydroxyl groups is 1. The van der Waals surface area contributed by atoms with Crippen LogP contribution in [0.1, 0.15) is 5.82 Å². The number of rotatable bonds is 3. The standard InChI is InChI=1S/C22H15FN4O3/c1-11-25-9-18(27-11)12-2-4-13(5-3-12)21-20(29)19(28)15-6-14(17-8-24-10-26-17)7-16(23)22(15)30-21/h2-10,29H,1H3,(H,24,26)(H,25,27). The molecule has 0 saturated heterocycles. The zero-order valence-corrected chi connectivity index (χ0v) is 15.7. The summed E-state index contributed by atoms with van der Waals surface area (Å²) < 4.78 is 20.4. The average Bonchev–Trinajstić information content (AvgIpc) is 3.43. The topological polar surface area (TPSA) is 108 Å². The molecule has 0 saturated carbocycles. The van der Waals surface area contributed by atoms with Crippen molar-refractivity contribution in [1.29, 1.82) is 0 Å². The maximum absolute atomic E-state index is 14.8. The number of hydrogen-bond donors (Lipinski definition) is 3. The van der Waals surface area contributed by atoms with Gasteiger partial charge in [-0.1, -0.05) is 24.3 Å². The van der Waals surface area contributed by atoms with Crippen molar-refractivity contribution >= 4 is 11.0 Å². The maximum atomic E-state index is 14.8. The summed E-state index contributed by atoms with van der Waals surface area (Å²) >= 11 is 0. The van der Waals surface area contributed by atoms with Crippen molar-refractivity contribution in [1.82, 2.24) is 19.9 Å². The molecule has 5 rings (SSSR count). The number of aryl methyl sites for hydroxylation is 1. The molecule has 3 heterocycles. The van der Waals surface area contributed by atoms with E-state index in [0.29, 0.717) is 16.8 Å². The predicted octanol–water partition coefficient (Wildman–Crippen LogP) is 4.39. The zero-order chi connectivity index (χ0) is 20.8. The summed E-state index contributed by atoms with van der Waals surface area (Å²) in [6.07, 6.45) is 4.68. The number of imidazole rings is 2. The molecule has 0 aliphatic heterocycles. The van der Waals surface area contributed by atoms with Crippen molar-refractivity contribution in [2.24, 2.45) is 0 Å². The van der Waals surface area contributed by atoms with E-state index in [1.54, 1.807) is 30.5 Å². The molecule has 0 radical (unpaired) electrons. The number of H-pyrrole nitrogens is 2. The normalized spacial score (nSPS) is 11.3. The Balaban J connectivity index is 1.63. The number of nitrogens with one attached hydrogen (secondary N) is 2. The lowest BCUT2D eigenvalue weighted by molar-refractivity contribution is 0.446. The molecule has 30 heavy (non-hydrogen) atoms. The molecule has 0 spiro atoms. The predicted molar refractivity (Wildman–Crippen MR) is 109 cm³/mol. The number of halogens is 1. The molecule has 8 heteroatoms. The van der Waals surface area contributed by atoms with E-state index < -0.39 is 17.0 Å². The van der Waals surface area contributed by atoms with Crippen LogP contribution in [0, 0.1) is 12.7 Å². The first kappa shape index (κ1) is 17.9. The smallest absolute Gasteiger partial charge is 0.235 e. The van der Waals surface area contributed by atoms with Crippen molar-refractivity contribution < 1.29 is 13.9 Å². The second kappa shape index (κ2) is 6.70. The van der Waals surface area contributed by atoms with Gasteiger partial charge in [-0.2, -0.15) is 0 Å². The van der Waals surface area contributed by atoms with E-state index in [0.717, 1.165) is 17.1 Å². The van der Waals surface area contributed by atoms with Gasteiger partial charge in [0.2, 0.25) is 11.2 Å². The third-order valence-corrected chi connectivity index (χ3v) is 4.89. The molecule has 0 unspecified atom stereocenters. The summed E-state index contributed by atoms with van der Waals surface area (Å²) in [5, 5.41) is 10.4. The van der Waals surface area contributed by atoms with Gasteiger partial charge in [0.25, 0.3) is 0 Å². The largest absolute Gasteiger partial charge is 0.502 e. The quantitative estimate of drug-likeness (QED) is 0.415. The Morgan fingerprint density at radius 1 is 1.03 bits per heavy atom. The summed E-state index contributed by atoms with van der Waals surface area (Å²) in [5.41, 5.74) is 2.20. The van der Waals surface area contributed by atoms with Crippen LogP contribution in [-0.4, -0.2) is 25.0 Å². The van der Waals surface area contributed by atoms with E-state index in [4.69, 9.17) is 4.42 Å². The average molecular weight is 402 g/mol. The molecule has 0 fully saturated rings. The van der Waals surface area contributed by atoms with Crippen molar-refractivity contribution in [3.05, 3.63) is 77.0 Å². The van der Waals surface area contributed by atoms with Crippen LogP contribution in [0.15, 0.2) is 64.3 Å². The number of hydrogen-bond acceptors (Lipinski definition) is 5. The fraction of sp³-hybridized carbons (Fsp3) is 0.0455. The fourth-order valence-corrected chi connectivity index (χ4v) is 3.38. The summed E-state index contributed by atoms with van der Waals surface area (Å²) in [4.78, 5) is 26.8. The van der Waals surface area contributed by atoms with Crippen LogP contribution >= 0.6 is 0 Å². The Morgan fingerprint density at radius 3 is 2.47 bits per heavy atom. The van der Waals surface area contributed by atoms with E-state index in [9.17, 15) is 14.3 Å². The number of fused-ring (bicyclic) bond motifs is 1. The van der Waals surface area contributed by atoms with E-state index in [2.05, 4.69) is 19.9 Å². The van der Waals surface area contributed by atoms with Gasteiger partial charge in [-0.15, -0.1) is 0 Å². The van der Waals surface area contributed by atoms with E-state index in [1.807, 2.05) is 6.92 Å². The molecule has 148 valence electrons. The number of aromatic nitrogens is 4. The number of aromatic amines is 2. The lowest BCUT2D eigenvalue weighted by Crippen LogP contribution is -2.04. The molecule has 2 aromatic carbocycles. The number of benzene rings is 2. The fourth-order valence-electron chi connectivity index (χ4n) is 3.38. The molecule has 3 aromatic heterocycles. The van der Waals surface area contributed by atoms with Crippen molar-refractivity contribution in [2.75, 3.05) is 0 Å². The van der Waals surface area contributed by atoms with E-state index in [-0.39, 0.29) is 16.7 Å². The van der Waals surface area contributed by atoms with E-state index >= 15 is 0 Å². The van der Waals surface area contributed by atoms with Gasteiger partial charge in [-0.3, -0.25) is 4.79 Å². The van der Waals surface area contributed by atoms with Crippen LogP contribution < -0.4 is 5.43 Å². The first-order chi connectivity index (χ1) is 14.5. The Kier molecular flexibility index (Phi) is 3.99. The minimum absolute atomic E-state index is 0.0506. The van der Waals surface area contributed by atoms with Gasteiger partial charge in [0.05, 0.1) is 35.5 Å². The van der Waals surface area contributed by atoms with Crippen LogP contribution in [0.4, 0.5) is 4.39 Å².